The molecule has 1 aromatic heterocycles. The maximum absolute atomic E-state index is 12.5. The fourth-order valence-electron chi connectivity index (χ4n) is 3.29. The molecule has 3 aromatic rings. The third kappa shape index (κ3) is 6.73. The molecule has 0 aliphatic carbocycles. The summed E-state index contributed by atoms with van der Waals surface area (Å²) in [6, 6.07) is 13.2. The molecule has 0 aliphatic heterocycles. The molecule has 0 radical (unpaired) electrons. The van der Waals surface area contributed by atoms with Crippen LogP contribution in [0.2, 0.25) is 0 Å². The Morgan fingerprint density at radius 2 is 1.55 bits per heavy atom. The molecule has 0 bridgehead atoms. The minimum atomic E-state index is -3.83. The highest BCUT2D eigenvalue weighted by Gasteiger charge is 2.16. The van der Waals surface area contributed by atoms with Crippen LogP contribution in [0.5, 0.6) is 0 Å². The third-order valence-electron chi connectivity index (χ3n) is 4.76. The minimum absolute atomic E-state index is 0.0481. The average Bonchev–Trinajstić information content (AvgIpc) is 2.72. The van der Waals surface area contributed by atoms with Crippen LogP contribution in [0.4, 0.5) is 11.8 Å². The van der Waals surface area contributed by atoms with E-state index >= 15 is 0 Å². The number of benzene rings is 2. The Labute approximate surface area is 194 Å². The van der Waals surface area contributed by atoms with E-state index in [4.69, 9.17) is 5.73 Å². The molecule has 33 heavy (non-hydrogen) atoms. The van der Waals surface area contributed by atoms with Crippen molar-refractivity contribution >= 4 is 31.6 Å². The molecule has 0 saturated heterocycles. The highest BCUT2D eigenvalue weighted by Crippen LogP contribution is 2.23. The molecule has 0 saturated carbocycles. The van der Waals surface area contributed by atoms with Gasteiger partial charge in [0.2, 0.25) is 16.0 Å². The molecule has 0 spiro atoms. The molecule has 0 atom stereocenters. The van der Waals surface area contributed by atoms with Crippen molar-refractivity contribution in [1.82, 2.24) is 14.7 Å². The second kappa shape index (κ2) is 9.86. The zero-order valence-electron chi connectivity index (χ0n) is 18.7. The Morgan fingerprint density at radius 1 is 0.879 bits per heavy atom. The number of sulfonamides is 1. The monoisotopic (exact) mass is 489 g/mol. The van der Waals surface area contributed by atoms with Gasteiger partial charge in [-0.25, -0.2) is 26.5 Å². The second-order valence-electron chi connectivity index (χ2n) is 7.80. The zero-order chi connectivity index (χ0) is 24.2. The van der Waals surface area contributed by atoms with Gasteiger partial charge in [-0.05, 0) is 50.6 Å². The van der Waals surface area contributed by atoms with Crippen molar-refractivity contribution in [2.24, 2.45) is 0 Å². The van der Waals surface area contributed by atoms with E-state index in [0.29, 0.717) is 24.5 Å². The summed E-state index contributed by atoms with van der Waals surface area (Å²) in [6.45, 7) is 4.62. The van der Waals surface area contributed by atoms with Crippen LogP contribution in [-0.2, 0) is 19.9 Å². The van der Waals surface area contributed by atoms with Gasteiger partial charge in [-0.2, -0.15) is 4.98 Å². The van der Waals surface area contributed by atoms with Gasteiger partial charge in [-0.15, -0.1) is 0 Å². The van der Waals surface area contributed by atoms with Gasteiger partial charge in [-0.1, -0.05) is 23.3 Å². The number of anilines is 2. The molecule has 1 heterocycles. The molecule has 11 heteroatoms. The van der Waals surface area contributed by atoms with Gasteiger partial charge in [0.15, 0.2) is 9.84 Å². The van der Waals surface area contributed by atoms with E-state index in [1.165, 1.54) is 18.2 Å². The van der Waals surface area contributed by atoms with Gasteiger partial charge in [0.1, 0.15) is 5.82 Å². The first-order valence-corrected chi connectivity index (χ1v) is 13.6. The maximum atomic E-state index is 12.5. The summed E-state index contributed by atoms with van der Waals surface area (Å²) >= 11 is 0. The molecule has 4 N–H and O–H groups in total. The first kappa shape index (κ1) is 24.6. The second-order valence-corrected chi connectivity index (χ2v) is 11.6. The van der Waals surface area contributed by atoms with E-state index in [1.54, 1.807) is 6.07 Å². The van der Waals surface area contributed by atoms with E-state index in [9.17, 15) is 16.8 Å². The number of nitrogens with zero attached hydrogens (tertiary/aromatic N) is 2. The van der Waals surface area contributed by atoms with Crippen molar-refractivity contribution in [3.05, 3.63) is 59.7 Å². The molecular formula is C22H27N5O4S2. The minimum Gasteiger partial charge on any atom is -0.370 e. The van der Waals surface area contributed by atoms with E-state index in [-0.39, 0.29) is 22.3 Å². The standard InChI is InChI=1S/C22H27N5O4S2/c1-15-10-16(2)12-17(11-15)20-14-21(27-22(23)26-20)24-8-5-9-25-33(30,31)19-7-4-6-18(13-19)32(3,28)29/h4,6-7,10-14,25H,5,8-9H2,1-3H3,(H3,23,24,26,27). The van der Waals surface area contributed by atoms with Crippen LogP contribution < -0.4 is 15.8 Å². The Balaban J connectivity index is 1.60. The first-order valence-electron chi connectivity index (χ1n) is 10.2. The topological polar surface area (TPSA) is 144 Å². The van der Waals surface area contributed by atoms with Gasteiger partial charge in [0, 0.05) is 31.0 Å². The van der Waals surface area contributed by atoms with Crippen LogP contribution in [0, 0.1) is 13.8 Å². The summed E-state index contributed by atoms with van der Waals surface area (Å²) in [7, 11) is -7.34. The lowest BCUT2D eigenvalue weighted by atomic mass is 10.0. The van der Waals surface area contributed by atoms with Crippen molar-refractivity contribution in [3.8, 4) is 11.3 Å². The van der Waals surface area contributed by atoms with Gasteiger partial charge in [0.25, 0.3) is 0 Å². The fourth-order valence-corrected chi connectivity index (χ4v) is 5.15. The maximum Gasteiger partial charge on any atom is 0.240 e. The van der Waals surface area contributed by atoms with E-state index in [0.717, 1.165) is 29.0 Å². The van der Waals surface area contributed by atoms with E-state index < -0.39 is 19.9 Å². The number of hydrogen-bond acceptors (Lipinski definition) is 8. The summed E-state index contributed by atoms with van der Waals surface area (Å²) < 4.78 is 50.8. The van der Waals surface area contributed by atoms with Crippen molar-refractivity contribution in [2.45, 2.75) is 30.1 Å². The van der Waals surface area contributed by atoms with Crippen molar-refractivity contribution in [3.63, 3.8) is 0 Å². The molecule has 3 rings (SSSR count). The molecular weight excluding hydrogens is 462 g/mol. The quantitative estimate of drug-likeness (QED) is 0.389. The summed E-state index contributed by atoms with van der Waals surface area (Å²) in [5.74, 6) is 0.681. The molecule has 0 aliphatic rings. The predicted molar refractivity (Wildman–Crippen MR) is 129 cm³/mol. The highest BCUT2D eigenvalue weighted by molar-refractivity contribution is 7.91. The van der Waals surface area contributed by atoms with Crippen molar-refractivity contribution in [2.75, 3.05) is 30.4 Å². The van der Waals surface area contributed by atoms with Gasteiger partial charge < -0.3 is 11.1 Å². The normalized spacial score (nSPS) is 12.0. The van der Waals surface area contributed by atoms with Crippen LogP contribution in [0.25, 0.3) is 11.3 Å². The van der Waals surface area contributed by atoms with Crippen LogP contribution in [-0.4, -0.2) is 46.1 Å². The number of sulfone groups is 1. The zero-order valence-corrected chi connectivity index (χ0v) is 20.3. The summed E-state index contributed by atoms with van der Waals surface area (Å²) in [5.41, 5.74) is 9.74. The van der Waals surface area contributed by atoms with Crippen LogP contribution >= 0.6 is 0 Å². The third-order valence-corrected chi connectivity index (χ3v) is 7.33. The Morgan fingerprint density at radius 3 is 2.21 bits per heavy atom. The number of hydrogen-bond donors (Lipinski definition) is 3. The Kier molecular flexibility index (Phi) is 7.35. The van der Waals surface area contributed by atoms with Gasteiger partial charge >= 0.3 is 0 Å². The lowest BCUT2D eigenvalue weighted by molar-refractivity contribution is 0.579. The number of nitrogen functional groups attached to an aromatic ring is 1. The smallest absolute Gasteiger partial charge is 0.240 e. The fraction of sp³-hybridized carbons (Fsp3) is 0.273. The Bertz CT molecular complexity index is 1350. The summed E-state index contributed by atoms with van der Waals surface area (Å²) in [6.07, 6.45) is 1.50. The van der Waals surface area contributed by atoms with Crippen LogP contribution in [0.1, 0.15) is 17.5 Å². The number of nitrogens with two attached hydrogens (primary N) is 1. The van der Waals surface area contributed by atoms with E-state index in [1.807, 2.05) is 26.0 Å². The van der Waals surface area contributed by atoms with Crippen molar-refractivity contribution in [1.29, 1.82) is 0 Å². The molecule has 0 unspecified atom stereocenters. The highest BCUT2D eigenvalue weighted by atomic mass is 32.2. The van der Waals surface area contributed by atoms with Crippen LogP contribution in [0.15, 0.2) is 58.3 Å². The van der Waals surface area contributed by atoms with Gasteiger partial charge in [-0.3, -0.25) is 0 Å². The largest absolute Gasteiger partial charge is 0.370 e. The average molecular weight is 490 g/mol. The lowest BCUT2D eigenvalue weighted by Gasteiger charge is -2.11. The number of rotatable bonds is 9. The van der Waals surface area contributed by atoms with Crippen LogP contribution in [0.3, 0.4) is 0 Å². The van der Waals surface area contributed by atoms with Gasteiger partial charge in [0.05, 0.1) is 15.5 Å². The summed E-state index contributed by atoms with van der Waals surface area (Å²) in [5, 5.41) is 3.13. The molecule has 176 valence electrons. The molecule has 9 nitrogen and oxygen atoms in total. The predicted octanol–water partition coefficient (Wildman–Crippen LogP) is 2.53. The SMILES string of the molecule is Cc1cc(C)cc(-c2cc(NCCCNS(=O)(=O)c3cccc(S(C)(=O)=O)c3)nc(N)n2)c1. The van der Waals surface area contributed by atoms with E-state index in [2.05, 4.69) is 26.1 Å². The Hall–Kier alpha value is -3.02. The summed E-state index contributed by atoms with van der Waals surface area (Å²) in [4.78, 5) is 8.36. The molecule has 0 fully saturated rings. The number of aromatic nitrogens is 2. The molecule has 2 aromatic carbocycles. The van der Waals surface area contributed by atoms with Crippen molar-refractivity contribution < 1.29 is 16.8 Å². The lowest BCUT2D eigenvalue weighted by Crippen LogP contribution is -2.26. The first-order chi connectivity index (χ1) is 15.4. The molecule has 0 amide bonds. The number of aryl methyl sites for hydroxylation is 2. The number of nitrogens with one attached hydrogen (secondary N) is 2.